The smallest absolute Gasteiger partial charge is 0.258 e. The zero-order chi connectivity index (χ0) is 14.8. The van der Waals surface area contributed by atoms with Gasteiger partial charge in [0, 0.05) is 0 Å². The number of nitrogens with one attached hydrogen (secondary N) is 1. The number of carbonyl (C=O) groups is 1. The lowest BCUT2D eigenvalue weighted by Gasteiger charge is -2.23. The van der Waals surface area contributed by atoms with Gasteiger partial charge < -0.3 is 10.1 Å². The van der Waals surface area contributed by atoms with Crippen molar-refractivity contribution in [3.8, 4) is 5.75 Å². The molecule has 1 aromatic rings. The first-order valence-electron chi connectivity index (χ1n) is 6.49. The maximum atomic E-state index is 11.8. The molecule has 1 N–H and O–H groups in total. The van der Waals surface area contributed by atoms with Crippen LogP contribution in [-0.4, -0.2) is 38.0 Å². The second kappa shape index (κ2) is 5.44. The van der Waals surface area contributed by atoms with Crippen molar-refractivity contribution in [3.05, 3.63) is 29.8 Å². The normalized spacial score (nSPS) is 24.3. The highest BCUT2D eigenvalue weighted by Gasteiger charge is 2.39. The average molecular weight is 297 g/mol. The fraction of sp³-hybridized carbons (Fsp3) is 0.500. The summed E-state index contributed by atoms with van der Waals surface area (Å²) in [5, 5.41) is 2.75. The van der Waals surface area contributed by atoms with Crippen LogP contribution >= 0.6 is 0 Å². The number of hydrogen-bond donors (Lipinski definition) is 1. The van der Waals surface area contributed by atoms with E-state index in [1.807, 2.05) is 25.1 Å². The summed E-state index contributed by atoms with van der Waals surface area (Å²) < 4.78 is 28.3. The predicted octanol–water partition coefficient (Wildman–Crippen LogP) is 1.07. The molecule has 5 nitrogen and oxygen atoms in total. The maximum Gasteiger partial charge on any atom is 0.258 e. The number of carbonyl (C=O) groups excluding carboxylic acids is 1. The molecule has 0 aromatic heterocycles. The number of benzene rings is 1. The minimum absolute atomic E-state index is 0.00378. The molecule has 0 unspecified atom stereocenters. The summed E-state index contributed by atoms with van der Waals surface area (Å²) >= 11 is 0. The Balaban J connectivity index is 1.87. The molecular weight excluding hydrogens is 278 g/mol. The Bertz CT molecular complexity index is 611. The van der Waals surface area contributed by atoms with Crippen LogP contribution in [0.4, 0.5) is 0 Å². The molecule has 0 saturated carbocycles. The number of aryl methyl sites for hydroxylation is 1. The standard InChI is InChI=1S/C14H19NO4S/c1-11-4-3-5-12(8-11)19-9-13(16)15-14(2)6-7-20(17,18)10-14/h3-5,8H,6-7,9-10H2,1-2H3,(H,15,16)/t14-/m1/s1. The molecule has 1 heterocycles. The molecule has 0 radical (unpaired) electrons. The van der Waals surface area contributed by atoms with Crippen LogP contribution in [0.15, 0.2) is 24.3 Å². The van der Waals surface area contributed by atoms with Crippen molar-refractivity contribution in [1.82, 2.24) is 5.32 Å². The second-order valence-electron chi connectivity index (χ2n) is 5.56. The minimum Gasteiger partial charge on any atom is -0.484 e. The Hall–Kier alpha value is -1.56. The van der Waals surface area contributed by atoms with E-state index < -0.39 is 15.4 Å². The van der Waals surface area contributed by atoms with Gasteiger partial charge in [-0.1, -0.05) is 12.1 Å². The number of rotatable bonds is 4. The fourth-order valence-corrected chi connectivity index (χ4v) is 4.43. The molecule has 20 heavy (non-hydrogen) atoms. The van der Waals surface area contributed by atoms with E-state index in [0.29, 0.717) is 12.2 Å². The third-order valence-corrected chi connectivity index (χ3v) is 5.21. The number of sulfone groups is 1. The summed E-state index contributed by atoms with van der Waals surface area (Å²) in [5.41, 5.74) is 0.378. The Morgan fingerprint density at radius 1 is 1.45 bits per heavy atom. The van der Waals surface area contributed by atoms with E-state index in [2.05, 4.69) is 5.32 Å². The molecule has 110 valence electrons. The summed E-state index contributed by atoms with van der Waals surface area (Å²) in [4.78, 5) is 11.8. The van der Waals surface area contributed by atoms with Crippen molar-refractivity contribution in [2.24, 2.45) is 0 Å². The molecule has 1 aliphatic heterocycles. The first kappa shape index (κ1) is 14.8. The van der Waals surface area contributed by atoms with Gasteiger partial charge in [-0.25, -0.2) is 8.42 Å². The maximum absolute atomic E-state index is 11.8. The lowest BCUT2D eigenvalue weighted by molar-refractivity contribution is -0.124. The monoisotopic (exact) mass is 297 g/mol. The third-order valence-electron chi connectivity index (χ3n) is 3.30. The SMILES string of the molecule is Cc1cccc(OCC(=O)N[C@]2(C)CCS(=O)(=O)C2)c1. The second-order valence-corrected chi connectivity index (χ2v) is 7.74. The van der Waals surface area contributed by atoms with Crippen LogP contribution in [0.5, 0.6) is 5.75 Å². The van der Waals surface area contributed by atoms with Gasteiger partial charge >= 0.3 is 0 Å². The molecule has 1 atom stereocenters. The van der Waals surface area contributed by atoms with E-state index in [4.69, 9.17) is 4.74 Å². The molecule has 0 spiro atoms. The van der Waals surface area contributed by atoms with Crippen LogP contribution in [0.3, 0.4) is 0 Å². The molecule has 0 aliphatic carbocycles. The highest BCUT2D eigenvalue weighted by molar-refractivity contribution is 7.91. The van der Waals surface area contributed by atoms with Crippen molar-refractivity contribution >= 4 is 15.7 Å². The van der Waals surface area contributed by atoms with Crippen molar-refractivity contribution in [1.29, 1.82) is 0 Å². The van der Waals surface area contributed by atoms with Crippen molar-refractivity contribution in [3.63, 3.8) is 0 Å². The molecule has 6 heteroatoms. The topological polar surface area (TPSA) is 72.5 Å². The number of ether oxygens (including phenoxy) is 1. The Morgan fingerprint density at radius 2 is 2.20 bits per heavy atom. The Morgan fingerprint density at radius 3 is 2.80 bits per heavy atom. The predicted molar refractivity (Wildman–Crippen MR) is 76.5 cm³/mol. The Kier molecular flexibility index (Phi) is 4.04. The fourth-order valence-electron chi connectivity index (χ4n) is 2.34. The Labute approximate surface area is 119 Å². The zero-order valence-corrected chi connectivity index (χ0v) is 12.5. The highest BCUT2D eigenvalue weighted by Crippen LogP contribution is 2.22. The van der Waals surface area contributed by atoms with Gasteiger partial charge in [0.15, 0.2) is 16.4 Å². The molecule has 1 aromatic carbocycles. The van der Waals surface area contributed by atoms with Gasteiger partial charge in [0.05, 0.1) is 17.0 Å². The summed E-state index contributed by atoms with van der Waals surface area (Å²) in [7, 11) is -3.03. The lowest BCUT2D eigenvalue weighted by atomic mass is 10.0. The van der Waals surface area contributed by atoms with Crippen LogP contribution < -0.4 is 10.1 Å². The molecule has 0 bridgehead atoms. The first-order valence-corrected chi connectivity index (χ1v) is 8.31. The van der Waals surface area contributed by atoms with E-state index in [1.54, 1.807) is 13.0 Å². The lowest BCUT2D eigenvalue weighted by Crippen LogP contribution is -2.48. The van der Waals surface area contributed by atoms with Crippen LogP contribution in [0.25, 0.3) is 0 Å². The van der Waals surface area contributed by atoms with Gasteiger partial charge in [-0.05, 0) is 38.0 Å². The van der Waals surface area contributed by atoms with Crippen LogP contribution in [0.1, 0.15) is 18.9 Å². The minimum atomic E-state index is -3.03. The van der Waals surface area contributed by atoms with Crippen LogP contribution in [-0.2, 0) is 14.6 Å². The van der Waals surface area contributed by atoms with Gasteiger partial charge in [0.2, 0.25) is 0 Å². The molecule has 1 saturated heterocycles. The van der Waals surface area contributed by atoms with Gasteiger partial charge in [-0.2, -0.15) is 0 Å². The van der Waals surface area contributed by atoms with Gasteiger partial charge in [0.25, 0.3) is 5.91 Å². The molecule has 2 rings (SSSR count). The summed E-state index contributed by atoms with van der Waals surface area (Å²) in [6.45, 7) is 3.58. The first-order chi connectivity index (χ1) is 9.28. The molecule has 1 fully saturated rings. The number of hydrogen-bond acceptors (Lipinski definition) is 4. The van der Waals surface area contributed by atoms with E-state index in [0.717, 1.165) is 5.56 Å². The van der Waals surface area contributed by atoms with E-state index in [-0.39, 0.29) is 24.0 Å². The highest BCUT2D eigenvalue weighted by atomic mass is 32.2. The summed E-state index contributed by atoms with van der Waals surface area (Å²) in [5.74, 6) is 0.453. The van der Waals surface area contributed by atoms with Crippen LogP contribution in [0, 0.1) is 6.92 Å². The quantitative estimate of drug-likeness (QED) is 0.902. The average Bonchev–Trinajstić information content (AvgIpc) is 2.61. The zero-order valence-electron chi connectivity index (χ0n) is 11.7. The third kappa shape index (κ3) is 3.96. The summed E-state index contributed by atoms with van der Waals surface area (Å²) in [6, 6.07) is 7.42. The van der Waals surface area contributed by atoms with E-state index in [1.165, 1.54) is 0 Å². The van der Waals surface area contributed by atoms with Crippen molar-refractivity contribution < 1.29 is 17.9 Å². The summed E-state index contributed by atoms with van der Waals surface area (Å²) in [6.07, 6.45) is 0.450. The molecular formula is C14H19NO4S. The van der Waals surface area contributed by atoms with Crippen molar-refractivity contribution in [2.45, 2.75) is 25.8 Å². The van der Waals surface area contributed by atoms with Crippen LogP contribution in [0.2, 0.25) is 0 Å². The van der Waals surface area contributed by atoms with E-state index >= 15 is 0 Å². The van der Waals surface area contributed by atoms with Gasteiger partial charge in [-0.3, -0.25) is 4.79 Å². The van der Waals surface area contributed by atoms with Gasteiger partial charge in [-0.15, -0.1) is 0 Å². The van der Waals surface area contributed by atoms with Crippen molar-refractivity contribution in [2.75, 3.05) is 18.1 Å². The largest absolute Gasteiger partial charge is 0.484 e. The number of amides is 1. The molecule has 1 aliphatic rings. The molecule has 1 amide bonds. The van der Waals surface area contributed by atoms with Gasteiger partial charge in [0.1, 0.15) is 5.75 Å². The van der Waals surface area contributed by atoms with E-state index in [9.17, 15) is 13.2 Å².